The summed E-state index contributed by atoms with van der Waals surface area (Å²) >= 11 is 0. The average molecular weight is 249 g/mol. The van der Waals surface area contributed by atoms with Gasteiger partial charge in [0, 0.05) is 6.04 Å². The number of hydrogen-bond donors (Lipinski definition) is 1. The molecule has 1 unspecified atom stereocenters. The molecule has 0 spiro atoms. The molecule has 2 rings (SSSR count). The van der Waals surface area contributed by atoms with Gasteiger partial charge in [0.25, 0.3) is 0 Å². The van der Waals surface area contributed by atoms with Gasteiger partial charge in [-0.2, -0.15) is 0 Å². The zero-order valence-corrected chi connectivity index (χ0v) is 11.2. The van der Waals surface area contributed by atoms with Crippen LogP contribution in [0.5, 0.6) is 5.75 Å². The minimum absolute atomic E-state index is 0.0499. The molecule has 0 heterocycles. The van der Waals surface area contributed by atoms with E-state index in [0.717, 1.165) is 24.0 Å². The molecular formula is C15H20FNO. The topological polar surface area (TPSA) is 35.2 Å². The first-order valence-corrected chi connectivity index (χ1v) is 6.21. The lowest BCUT2D eigenvalue weighted by molar-refractivity contribution is 0.318. The van der Waals surface area contributed by atoms with E-state index in [9.17, 15) is 4.39 Å². The number of halogens is 1. The van der Waals surface area contributed by atoms with Crippen molar-refractivity contribution in [3.8, 4) is 5.75 Å². The van der Waals surface area contributed by atoms with Crippen molar-refractivity contribution >= 4 is 5.57 Å². The van der Waals surface area contributed by atoms with Crippen LogP contribution in [0.3, 0.4) is 0 Å². The van der Waals surface area contributed by atoms with Crippen LogP contribution in [0.4, 0.5) is 4.39 Å². The van der Waals surface area contributed by atoms with Crippen LogP contribution in [0.15, 0.2) is 24.3 Å². The molecular weight excluding hydrogens is 229 g/mol. The van der Waals surface area contributed by atoms with Crippen LogP contribution in [0.25, 0.3) is 5.57 Å². The first-order valence-electron chi connectivity index (χ1n) is 6.21. The molecule has 0 aromatic heterocycles. The lowest BCUT2D eigenvalue weighted by Crippen LogP contribution is -2.30. The Morgan fingerprint density at radius 1 is 1.39 bits per heavy atom. The van der Waals surface area contributed by atoms with Gasteiger partial charge in [0.15, 0.2) is 11.6 Å². The molecule has 0 fully saturated rings. The Morgan fingerprint density at radius 3 is 2.67 bits per heavy atom. The lowest BCUT2D eigenvalue weighted by atomic mass is 9.74. The van der Waals surface area contributed by atoms with E-state index in [1.54, 1.807) is 6.07 Å². The van der Waals surface area contributed by atoms with Crippen molar-refractivity contribution in [2.24, 2.45) is 11.1 Å². The summed E-state index contributed by atoms with van der Waals surface area (Å²) in [6.07, 6.45) is 3.94. The minimum Gasteiger partial charge on any atom is -0.494 e. The summed E-state index contributed by atoms with van der Waals surface area (Å²) in [6.45, 7) is 4.39. The van der Waals surface area contributed by atoms with Crippen molar-refractivity contribution in [1.82, 2.24) is 0 Å². The van der Waals surface area contributed by atoms with Crippen molar-refractivity contribution in [1.29, 1.82) is 0 Å². The van der Waals surface area contributed by atoms with Gasteiger partial charge in [-0.1, -0.05) is 26.0 Å². The molecule has 0 saturated carbocycles. The number of rotatable bonds is 2. The largest absolute Gasteiger partial charge is 0.494 e. The van der Waals surface area contributed by atoms with Crippen LogP contribution >= 0.6 is 0 Å². The standard InChI is InChI=1S/C15H20FNO/c1-15(2)8-11(6-12(17)9-15)10-4-5-14(18-3)13(16)7-10/h4-7,12H,8-9,17H2,1-3H3. The summed E-state index contributed by atoms with van der Waals surface area (Å²) in [7, 11) is 1.47. The minimum atomic E-state index is -0.326. The molecule has 1 aromatic rings. The van der Waals surface area contributed by atoms with Gasteiger partial charge in [0.1, 0.15) is 0 Å². The van der Waals surface area contributed by atoms with E-state index in [0.29, 0.717) is 0 Å². The molecule has 0 bridgehead atoms. The van der Waals surface area contributed by atoms with Crippen LogP contribution in [0.2, 0.25) is 0 Å². The fraction of sp³-hybridized carbons (Fsp3) is 0.467. The molecule has 1 aliphatic rings. The highest BCUT2D eigenvalue weighted by atomic mass is 19.1. The van der Waals surface area contributed by atoms with Crippen LogP contribution in [-0.4, -0.2) is 13.2 Å². The van der Waals surface area contributed by atoms with E-state index in [4.69, 9.17) is 10.5 Å². The third-order valence-corrected chi connectivity index (χ3v) is 3.40. The molecule has 3 heteroatoms. The Labute approximate surface area is 108 Å². The number of methoxy groups -OCH3 is 1. The highest BCUT2D eigenvalue weighted by molar-refractivity contribution is 5.68. The Balaban J connectivity index is 2.34. The van der Waals surface area contributed by atoms with Gasteiger partial charge in [-0.3, -0.25) is 0 Å². The predicted octanol–water partition coefficient (Wildman–Crippen LogP) is 3.37. The third kappa shape index (κ3) is 2.72. The van der Waals surface area contributed by atoms with E-state index in [2.05, 4.69) is 13.8 Å². The lowest BCUT2D eigenvalue weighted by Gasteiger charge is -2.33. The van der Waals surface area contributed by atoms with Gasteiger partial charge < -0.3 is 10.5 Å². The third-order valence-electron chi connectivity index (χ3n) is 3.40. The highest BCUT2D eigenvalue weighted by Gasteiger charge is 2.27. The van der Waals surface area contributed by atoms with Gasteiger partial charge in [-0.05, 0) is 41.5 Å². The van der Waals surface area contributed by atoms with E-state index in [-0.39, 0.29) is 23.0 Å². The summed E-state index contributed by atoms with van der Waals surface area (Å²) in [5.41, 5.74) is 8.23. The van der Waals surface area contributed by atoms with Gasteiger partial charge in [0.2, 0.25) is 0 Å². The Hall–Kier alpha value is -1.35. The van der Waals surface area contributed by atoms with Crippen molar-refractivity contribution < 1.29 is 9.13 Å². The van der Waals surface area contributed by atoms with Gasteiger partial charge in [0.05, 0.1) is 7.11 Å². The maximum atomic E-state index is 13.7. The summed E-state index contributed by atoms with van der Waals surface area (Å²) < 4.78 is 18.6. The van der Waals surface area contributed by atoms with Crippen LogP contribution in [0.1, 0.15) is 32.3 Å². The van der Waals surface area contributed by atoms with Crippen molar-refractivity contribution in [2.45, 2.75) is 32.7 Å². The Kier molecular flexibility index (Phi) is 3.44. The predicted molar refractivity (Wildman–Crippen MR) is 71.9 cm³/mol. The maximum absolute atomic E-state index is 13.7. The second-order valence-electron chi connectivity index (χ2n) is 5.75. The Bertz CT molecular complexity index is 479. The monoisotopic (exact) mass is 249 g/mol. The van der Waals surface area contributed by atoms with E-state index in [1.807, 2.05) is 12.1 Å². The van der Waals surface area contributed by atoms with E-state index < -0.39 is 0 Å². The number of nitrogens with two attached hydrogens (primary N) is 1. The van der Waals surface area contributed by atoms with Crippen LogP contribution < -0.4 is 10.5 Å². The molecule has 0 saturated heterocycles. The molecule has 18 heavy (non-hydrogen) atoms. The van der Waals surface area contributed by atoms with Crippen molar-refractivity contribution in [3.63, 3.8) is 0 Å². The first kappa shape index (κ1) is 13.1. The van der Waals surface area contributed by atoms with E-state index in [1.165, 1.54) is 13.2 Å². The second kappa shape index (κ2) is 4.73. The first-order chi connectivity index (χ1) is 8.41. The maximum Gasteiger partial charge on any atom is 0.165 e. The van der Waals surface area contributed by atoms with Crippen LogP contribution in [0, 0.1) is 11.2 Å². The molecule has 2 N–H and O–H groups in total. The number of benzene rings is 1. The number of allylic oxidation sites excluding steroid dienone is 1. The molecule has 0 aliphatic heterocycles. The molecule has 1 aliphatic carbocycles. The summed E-state index contributed by atoms with van der Waals surface area (Å²) in [6, 6.07) is 5.13. The quantitative estimate of drug-likeness (QED) is 0.872. The fourth-order valence-electron chi connectivity index (χ4n) is 2.67. The summed E-state index contributed by atoms with van der Waals surface area (Å²) in [4.78, 5) is 0. The normalized spacial score (nSPS) is 22.5. The molecule has 98 valence electrons. The average Bonchev–Trinajstić information content (AvgIpc) is 2.26. The zero-order valence-electron chi connectivity index (χ0n) is 11.2. The SMILES string of the molecule is COc1ccc(C2=CC(N)CC(C)(C)C2)cc1F. The van der Waals surface area contributed by atoms with Gasteiger partial charge in [-0.15, -0.1) is 0 Å². The number of ether oxygens (including phenoxy) is 1. The van der Waals surface area contributed by atoms with Gasteiger partial charge >= 0.3 is 0 Å². The van der Waals surface area contributed by atoms with Crippen LogP contribution in [-0.2, 0) is 0 Å². The molecule has 0 radical (unpaired) electrons. The smallest absolute Gasteiger partial charge is 0.165 e. The highest BCUT2D eigenvalue weighted by Crippen LogP contribution is 2.39. The zero-order chi connectivity index (χ0) is 13.3. The number of hydrogen-bond acceptors (Lipinski definition) is 2. The molecule has 1 atom stereocenters. The van der Waals surface area contributed by atoms with Gasteiger partial charge in [-0.25, -0.2) is 4.39 Å². The molecule has 1 aromatic carbocycles. The fourth-order valence-corrected chi connectivity index (χ4v) is 2.67. The summed E-state index contributed by atoms with van der Waals surface area (Å²) in [5.74, 6) is -0.0495. The molecule has 2 nitrogen and oxygen atoms in total. The summed E-state index contributed by atoms with van der Waals surface area (Å²) in [5, 5.41) is 0. The Morgan fingerprint density at radius 2 is 2.11 bits per heavy atom. The van der Waals surface area contributed by atoms with E-state index >= 15 is 0 Å². The second-order valence-corrected chi connectivity index (χ2v) is 5.75. The van der Waals surface area contributed by atoms with Crippen molar-refractivity contribution in [3.05, 3.63) is 35.7 Å². The molecule has 0 amide bonds. The van der Waals surface area contributed by atoms with Crippen molar-refractivity contribution in [2.75, 3.05) is 7.11 Å².